The van der Waals surface area contributed by atoms with Gasteiger partial charge in [-0.05, 0) is 24.1 Å². The third kappa shape index (κ3) is 5.44. The van der Waals surface area contributed by atoms with Crippen LogP contribution < -0.4 is 5.32 Å². The first kappa shape index (κ1) is 18.7. The Morgan fingerprint density at radius 3 is 2.74 bits per heavy atom. The summed E-state index contributed by atoms with van der Waals surface area (Å²) in [7, 11) is 0. The number of rotatable bonds is 8. The van der Waals surface area contributed by atoms with Gasteiger partial charge >= 0.3 is 5.97 Å². The maximum atomic E-state index is 12.1. The molecule has 2 amide bonds. The smallest absolute Gasteiger partial charge is 0.311 e. The Morgan fingerprint density at radius 1 is 1.19 bits per heavy atom. The van der Waals surface area contributed by atoms with Crippen LogP contribution in [0.3, 0.4) is 0 Å². The van der Waals surface area contributed by atoms with Crippen LogP contribution in [0.4, 0.5) is 0 Å². The molecule has 2 aromatic rings. The lowest BCUT2D eigenvalue weighted by Gasteiger charge is -2.14. The van der Waals surface area contributed by atoms with Gasteiger partial charge in [0.05, 0.1) is 18.7 Å². The van der Waals surface area contributed by atoms with Crippen molar-refractivity contribution < 1.29 is 23.5 Å². The van der Waals surface area contributed by atoms with E-state index in [0.717, 1.165) is 5.56 Å². The first-order valence-corrected chi connectivity index (χ1v) is 8.89. The molecule has 0 radical (unpaired) electrons. The SMILES string of the molecule is O=C(COC(=O)[C@@H]1CC(=O)N(Cc2ccco2)C1)NCCc1ccccc1. The molecule has 27 heavy (non-hydrogen) atoms. The molecule has 1 aliphatic rings. The monoisotopic (exact) mass is 370 g/mol. The van der Waals surface area contributed by atoms with Crippen LogP contribution in [0.2, 0.25) is 0 Å². The molecule has 0 saturated carbocycles. The Bertz CT molecular complexity index is 773. The highest BCUT2D eigenvalue weighted by Crippen LogP contribution is 2.21. The molecule has 1 aliphatic heterocycles. The van der Waals surface area contributed by atoms with Gasteiger partial charge in [0.1, 0.15) is 5.76 Å². The van der Waals surface area contributed by atoms with Gasteiger partial charge in [-0.3, -0.25) is 14.4 Å². The predicted molar refractivity (Wildman–Crippen MR) is 96.3 cm³/mol. The molecule has 1 saturated heterocycles. The van der Waals surface area contributed by atoms with Crippen LogP contribution in [0, 0.1) is 5.92 Å². The summed E-state index contributed by atoms with van der Waals surface area (Å²) in [5, 5.41) is 2.72. The molecule has 7 heteroatoms. The topological polar surface area (TPSA) is 88.9 Å². The zero-order chi connectivity index (χ0) is 19.1. The molecule has 142 valence electrons. The Kier molecular flexibility index (Phi) is 6.25. The molecule has 2 heterocycles. The molecule has 0 spiro atoms. The molecule has 1 aromatic carbocycles. The van der Waals surface area contributed by atoms with E-state index in [-0.39, 0.29) is 31.4 Å². The highest BCUT2D eigenvalue weighted by atomic mass is 16.5. The Labute approximate surface area is 157 Å². The van der Waals surface area contributed by atoms with E-state index < -0.39 is 11.9 Å². The molecular weight excluding hydrogens is 348 g/mol. The minimum absolute atomic E-state index is 0.0924. The van der Waals surface area contributed by atoms with Crippen molar-refractivity contribution in [3.05, 3.63) is 60.1 Å². The summed E-state index contributed by atoms with van der Waals surface area (Å²) in [6, 6.07) is 13.3. The normalized spacial score (nSPS) is 16.4. The van der Waals surface area contributed by atoms with Crippen molar-refractivity contribution in [2.75, 3.05) is 19.7 Å². The minimum atomic E-state index is -0.551. The van der Waals surface area contributed by atoms with Crippen molar-refractivity contribution in [3.63, 3.8) is 0 Å². The van der Waals surface area contributed by atoms with Gasteiger partial charge < -0.3 is 19.4 Å². The molecule has 1 atom stereocenters. The number of benzene rings is 1. The number of ether oxygens (including phenoxy) is 1. The lowest BCUT2D eigenvalue weighted by Crippen LogP contribution is -2.32. The Balaban J connectivity index is 1.36. The maximum absolute atomic E-state index is 12.1. The zero-order valence-corrected chi connectivity index (χ0v) is 14.9. The molecular formula is C20H22N2O5. The van der Waals surface area contributed by atoms with Gasteiger partial charge in [0.15, 0.2) is 6.61 Å². The lowest BCUT2D eigenvalue weighted by molar-refractivity contribution is -0.152. The molecule has 1 aromatic heterocycles. The zero-order valence-electron chi connectivity index (χ0n) is 14.9. The Morgan fingerprint density at radius 2 is 2.00 bits per heavy atom. The van der Waals surface area contributed by atoms with E-state index in [0.29, 0.717) is 25.3 Å². The summed E-state index contributed by atoms with van der Waals surface area (Å²) in [5.74, 6) is -0.889. The number of amides is 2. The number of nitrogens with one attached hydrogen (secondary N) is 1. The van der Waals surface area contributed by atoms with Crippen molar-refractivity contribution in [3.8, 4) is 0 Å². The van der Waals surface area contributed by atoms with Crippen molar-refractivity contribution in [2.45, 2.75) is 19.4 Å². The van der Waals surface area contributed by atoms with E-state index in [1.54, 1.807) is 17.0 Å². The standard InChI is InChI=1S/C20H22N2O5/c23-18(21-9-8-15-5-2-1-3-6-15)14-27-20(25)16-11-19(24)22(12-16)13-17-7-4-10-26-17/h1-7,10,16H,8-9,11-14H2,(H,21,23)/t16-/m1/s1. The second kappa shape index (κ2) is 9.02. The fraction of sp³-hybridized carbons (Fsp3) is 0.350. The summed E-state index contributed by atoms with van der Waals surface area (Å²) in [5.41, 5.74) is 1.12. The van der Waals surface area contributed by atoms with Crippen molar-refractivity contribution in [1.82, 2.24) is 10.2 Å². The summed E-state index contributed by atoms with van der Waals surface area (Å²) in [4.78, 5) is 37.5. The van der Waals surface area contributed by atoms with Gasteiger partial charge in [0, 0.05) is 19.5 Å². The molecule has 0 unspecified atom stereocenters. The number of furan rings is 1. The molecule has 3 rings (SSSR count). The van der Waals surface area contributed by atoms with Gasteiger partial charge in [0.2, 0.25) is 5.91 Å². The number of esters is 1. The molecule has 0 bridgehead atoms. The van der Waals surface area contributed by atoms with Gasteiger partial charge in [-0.1, -0.05) is 30.3 Å². The minimum Gasteiger partial charge on any atom is -0.467 e. The first-order valence-electron chi connectivity index (χ1n) is 8.89. The fourth-order valence-electron chi connectivity index (χ4n) is 2.97. The second-order valence-electron chi connectivity index (χ2n) is 6.45. The molecule has 1 fully saturated rings. The van der Waals surface area contributed by atoms with Gasteiger partial charge in [0.25, 0.3) is 5.91 Å². The average Bonchev–Trinajstić information content (AvgIpc) is 3.31. The number of carbonyl (C=O) groups is 3. The summed E-state index contributed by atoms with van der Waals surface area (Å²) in [6.07, 6.45) is 2.34. The van der Waals surface area contributed by atoms with Crippen molar-refractivity contribution in [1.29, 1.82) is 0 Å². The summed E-state index contributed by atoms with van der Waals surface area (Å²) in [6.45, 7) is 0.735. The quantitative estimate of drug-likeness (QED) is 0.712. The predicted octanol–water partition coefficient (Wildman–Crippen LogP) is 1.53. The van der Waals surface area contributed by atoms with Crippen LogP contribution in [-0.2, 0) is 32.1 Å². The van der Waals surface area contributed by atoms with E-state index in [4.69, 9.17) is 9.15 Å². The summed E-state index contributed by atoms with van der Waals surface area (Å²) < 4.78 is 10.3. The van der Waals surface area contributed by atoms with Crippen molar-refractivity contribution in [2.24, 2.45) is 5.92 Å². The van der Waals surface area contributed by atoms with E-state index in [9.17, 15) is 14.4 Å². The lowest BCUT2D eigenvalue weighted by atomic mass is 10.1. The highest BCUT2D eigenvalue weighted by molar-refractivity contribution is 5.88. The van der Waals surface area contributed by atoms with E-state index in [1.807, 2.05) is 30.3 Å². The van der Waals surface area contributed by atoms with Crippen LogP contribution in [0.15, 0.2) is 53.1 Å². The third-order valence-electron chi connectivity index (χ3n) is 4.40. The van der Waals surface area contributed by atoms with Gasteiger partial charge in [-0.2, -0.15) is 0 Å². The van der Waals surface area contributed by atoms with Crippen molar-refractivity contribution >= 4 is 17.8 Å². The van der Waals surface area contributed by atoms with Gasteiger partial charge in [-0.15, -0.1) is 0 Å². The van der Waals surface area contributed by atoms with Crippen LogP contribution in [0.25, 0.3) is 0 Å². The maximum Gasteiger partial charge on any atom is 0.311 e. The number of nitrogens with zero attached hydrogens (tertiary/aromatic N) is 1. The molecule has 0 aliphatic carbocycles. The molecule has 7 nitrogen and oxygen atoms in total. The van der Waals surface area contributed by atoms with E-state index >= 15 is 0 Å². The number of hydrogen-bond acceptors (Lipinski definition) is 5. The second-order valence-corrected chi connectivity index (χ2v) is 6.45. The fourth-order valence-corrected chi connectivity index (χ4v) is 2.97. The average molecular weight is 370 g/mol. The van der Waals surface area contributed by atoms with Crippen LogP contribution in [0.5, 0.6) is 0 Å². The largest absolute Gasteiger partial charge is 0.467 e. The number of likely N-dealkylation sites (tertiary alicyclic amines) is 1. The molecule has 1 N–H and O–H groups in total. The van der Waals surface area contributed by atoms with Crippen LogP contribution in [0.1, 0.15) is 17.7 Å². The third-order valence-corrected chi connectivity index (χ3v) is 4.40. The number of hydrogen-bond donors (Lipinski definition) is 1. The van der Waals surface area contributed by atoms with E-state index in [2.05, 4.69) is 5.32 Å². The highest BCUT2D eigenvalue weighted by Gasteiger charge is 2.35. The first-order chi connectivity index (χ1) is 13.1. The van der Waals surface area contributed by atoms with E-state index in [1.165, 1.54) is 6.26 Å². The summed E-state index contributed by atoms with van der Waals surface area (Å²) >= 11 is 0. The van der Waals surface area contributed by atoms with Crippen LogP contribution in [-0.4, -0.2) is 42.4 Å². The van der Waals surface area contributed by atoms with Crippen LogP contribution >= 0.6 is 0 Å². The number of carbonyl (C=O) groups excluding carboxylic acids is 3. The Hall–Kier alpha value is -3.09. The van der Waals surface area contributed by atoms with Gasteiger partial charge in [-0.25, -0.2) is 0 Å².